The molecule has 3 aromatic rings. The smallest absolute Gasteiger partial charge is 0.295 e. The minimum absolute atomic E-state index is 0.0111. The lowest BCUT2D eigenvalue weighted by Gasteiger charge is -2.26. The SMILES string of the molecule is CCOc1cccc(C2/C(=C(/O)c3ccccc3OC)C(=O)C(=O)N2Cc2ccccc2OC)c1. The van der Waals surface area contributed by atoms with Gasteiger partial charge in [-0.2, -0.15) is 0 Å². The summed E-state index contributed by atoms with van der Waals surface area (Å²) in [4.78, 5) is 28.1. The van der Waals surface area contributed by atoms with Crippen LogP contribution in [0.4, 0.5) is 0 Å². The highest BCUT2D eigenvalue weighted by atomic mass is 16.5. The molecule has 1 heterocycles. The molecule has 0 aromatic heterocycles. The number of aliphatic hydroxyl groups excluding tert-OH is 1. The number of carbonyl (C=O) groups excluding carboxylic acids is 2. The summed E-state index contributed by atoms with van der Waals surface area (Å²) in [6.07, 6.45) is 0. The molecule has 3 aromatic carbocycles. The van der Waals surface area contributed by atoms with Crippen molar-refractivity contribution in [3.63, 3.8) is 0 Å². The fourth-order valence-corrected chi connectivity index (χ4v) is 4.33. The van der Waals surface area contributed by atoms with Crippen LogP contribution < -0.4 is 14.2 Å². The van der Waals surface area contributed by atoms with Crippen molar-refractivity contribution in [1.82, 2.24) is 4.90 Å². The van der Waals surface area contributed by atoms with E-state index >= 15 is 0 Å². The van der Waals surface area contributed by atoms with Gasteiger partial charge in [0.2, 0.25) is 0 Å². The van der Waals surface area contributed by atoms with Crippen molar-refractivity contribution in [1.29, 1.82) is 0 Å². The highest BCUT2D eigenvalue weighted by Crippen LogP contribution is 2.42. The zero-order chi connectivity index (χ0) is 24.9. The van der Waals surface area contributed by atoms with E-state index in [0.29, 0.717) is 35.0 Å². The van der Waals surface area contributed by atoms with Crippen molar-refractivity contribution in [2.24, 2.45) is 0 Å². The number of amides is 1. The van der Waals surface area contributed by atoms with Gasteiger partial charge in [0, 0.05) is 5.56 Å². The molecule has 7 nitrogen and oxygen atoms in total. The molecule has 1 saturated heterocycles. The summed E-state index contributed by atoms with van der Waals surface area (Å²) in [5.41, 5.74) is 1.70. The molecule has 0 aliphatic carbocycles. The molecular formula is C28H27NO6. The van der Waals surface area contributed by atoms with Crippen LogP contribution in [-0.2, 0) is 16.1 Å². The number of methoxy groups -OCH3 is 2. The van der Waals surface area contributed by atoms with Crippen LogP contribution in [-0.4, -0.2) is 42.5 Å². The first-order valence-corrected chi connectivity index (χ1v) is 11.3. The molecule has 1 fully saturated rings. The van der Waals surface area contributed by atoms with Crippen LogP contribution in [0.5, 0.6) is 17.2 Å². The van der Waals surface area contributed by atoms with Crippen LogP contribution in [0, 0.1) is 0 Å². The summed E-state index contributed by atoms with van der Waals surface area (Å²) in [7, 11) is 3.03. The predicted octanol–water partition coefficient (Wildman–Crippen LogP) is 4.72. The predicted molar refractivity (Wildman–Crippen MR) is 131 cm³/mol. The van der Waals surface area contributed by atoms with Gasteiger partial charge in [-0.3, -0.25) is 9.59 Å². The molecular weight excluding hydrogens is 446 g/mol. The van der Waals surface area contributed by atoms with E-state index in [-0.39, 0.29) is 17.9 Å². The third kappa shape index (κ3) is 4.57. The Labute approximate surface area is 204 Å². The highest BCUT2D eigenvalue weighted by molar-refractivity contribution is 6.46. The maximum absolute atomic E-state index is 13.4. The maximum atomic E-state index is 13.4. The molecule has 0 saturated carbocycles. The molecule has 180 valence electrons. The molecule has 4 rings (SSSR count). The zero-order valence-electron chi connectivity index (χ0n) is 19.9. The quantitative estimate of drug-likeness (QED) is 0.289. The van der Waals surface area contributed by atoms with E-state index in [1.807, 2.05) is 31.2 Å². The van der Waals surface area contributed by atoms with Gasteiger partial charge in [-0.15, -0.1) is 0 Å². The normalized spacial score (nSPS) is 16.9. The number of nitrogens with zero attached hydrogens (tertiary/aromatic N) is 1. The van der Waals surface area contributed by atoms with E-state index in [1.165, 1.54) is 12.0 Å². The summed E-state index contributed by atoms with van der Waals surface area (Å²) < 4.78 is 16.5. The Morgan fingerprint density at radius 3 is 2.31 bits per heavy atom. The van der Waals surface area contributed by atoms with Gasteiger partial charge in [0.25, 0.3) is 11.7 Å². The number of Topliss-reactive ketones (excluding diaryl/α,β-unsaturated/α-hetero) is 1. The van der Waals surface area contributed by atoms with Crippen molar-refractivity contribution in [2.45, 2.75) is 19.5 Å². The Hall–Kier alpha value is -4.26. The van der Waals surface area contributed by atoms with Gasteiger partial charge in [-0.25, -0.2) is 0 Å². The van der Waals surface area contributed by atoms with Crippen LogP contribution in [0.2, 0.25) is 0 Å². The lowest BCUT2D eigenvalue weighted by molar-refractivity contribution is -0.140. The molecule has 0 spiro atoms. The lowest BCUT2D eigenvalue weighted by Crippen LogP contribution is -2.29. The third-order valence-corrected chi connectivity index (χ3v) is 5.92. The molecule has 1 atom stereocenters. The van der Waals surface area contributed by atoms with Gasteiger partial charge in [0.15, 0.2) is 0 Å². The minimum atomic E-state index is -0.842. The van der Waals surface area contributed by atoms with Crippen LogP contribution in [0.1, 0.15) is 29.7 Å². The Bertz CT molecular complexity index is 1280. The maximum Gasteiger partial charge on any atom is 0.295 e. The number of benzene rings is 3. The average Bonchev–Trinajstić information content (AvgIpc) is 3.14. The van der Waals surface area contributed by atoms with Crippen LogP contribution in [0.25, 0.3) is 5.76 Å². The molecule has 1 aliphatic heterocycles. The number of hydrogen-bond acceptors (Lipinski definition) is 6. The van der Waals surface area contributed by atoms with Gasteiger partial charge in [0.05, 0.1) is 44.5 Å². The Kier molecular flexibility index (Phi) is 7.06. The second-order valence-electron chi connectivity index (χ2n) is 7.94. The summed E-state index contributed by atoms with van der Waals surface area (Å²) >= 11 is 0. The average molecular weight is 474 g/mol. The lowest BCUT2D eigenvalue weighted by atomic mass is 9.94. The molecule has 0 bridgehead atoms. The van der Waals surface area contributed by atoms with Crippen LogP contribution in [0.15, 0.2) is 78.4 Å². The topological polar surface area (TPSA) is 85.3 Å². The van der Waals surface area contributed by atoms with Gasteiger partial charge >= 0.3 is 0 Å². The van der Waals surface area contributed by atoms with Crippen molar-refractivity contribution in [3.05, 3.63) is 95.1 Å². The van der Waals surface area contributed by atoms with Crippen molar-refractivity contribution >= 4 is 17.4 Å². The summed E-state index contributed by atoms with van der Waals surface area (Å²) in [5, 5.41) is 11.4. The standard InChI is InChI=1S/C28H27NO6/c1-4-35-20-12-9-11-18(16-20)25-24(26(30)21-13-6-8-15-23(21)34-3)27(31)28(32)29(25)17-19-10-5-7-14-22(19)33-2/h5-16,25,30H,4,17H2,1-3H3/b26-24-. The van der Waals surface area contributed by atoms with E-state index in [9.17, 15) is 14.7 Å². The molecule has 1 amide bonds. The molecule has 0 radical (unpaired) electrons. The molecule has 1 unspecified atom stereocenters. The number of ether oxygens (including phenoxy) is 3. The number of ketones is 1. The second-order valence-corrected chi connectivity index (χ2v) is 7.94. The Balaban J connectivity index is 1.90. The Morgan fingerprint density at radius 2 is 1.60 bits per heavy atom. The fourth-order valence-electron chi connectivity index (χ4n) is 4.33. The van der Waals surface area contributed by atoms with Crippen LogP contribution >= 0.6 is 0 Å². The number of rotatable bonds is 8. The number of para-hydroxylation sites is 2. The van der Waals surface area contributed by atoms with Gasteiger partial charge in [-0.1, -0.05) is 42.5 Å². The highest BCUT2D eigenvalue weighted by Gasteiger charge is 2.46. The number of aliphatic hydroxyl groups is 1. The van der Waals surface area contributed by atoms with E-state index in [1.54, 1.807) is 55.6 Å². The van der Waals surface area contributed by atoms with Crippen molar-refractivity contribution in [2.75, 3.05) is 20.8 Å². The number of carbonyl (C=O) groups is 2. The molecule has 35 heavy (non-hydrogen) atoms. The minimum Gasteiger partial charge on any atom is -0.507 e. The number of hydrogen-bond donors (Lipinski definition) is 1. The van der Waals surface area contributed by atoms with Gasteiger partial charge in [0.1, 0.15) is 23.0 Å². The Morgan fingerprint density at radius 1 is 0.914 bits per heavy atom. The zero-order valence-corrected chi connectivity index (χ0v) is 19.9. The second kappa shape index (κ2) is 10.3. The molecule has 1 aliphatic rings. The van der Waals surface area contributed by atoms with E-state index in [2.05, 4.69) is 0 Å². The first kappa shape index (κ1) is 23.9. The largest absolute Gasteiger partial charge is 0.507 e. The van der Waals surface area contributed by atoms with E-state index in [0.717, 1.165) is 5.56 Å². The third-order valence-electron chi connectivity index (χ3n) is 5.92. The summed E-state index contributed by atoms with van der Waals surface area (Å²) in [5.74, 6) is -0.182. The first-order valence-electron chi connectivity index (χ1n) is 11.3. The van der Waals surface area contributed by atoms with E-state index < -0.39 is 17.7 Å². The number of likely N-dealkylation sites (tertiary alicyclic amines) is 1. The van der Waals surface area contributed by atoms with E-state index in [4.69, 9.17) is 14.2 Å². The monoisotopic (exact) mass is 473 g/mol. The molecule has 7 heteroatoms. The molecule has 1 N–H and O–H groups in total. The van der Waals surface area contributed by atoms with Crippen molar-refractivity contribution in [3.8, 4) is 17.2 Å². The summed E-state index contributed by atoms with van der Waals surface area (Å²) in [6.45, 7) is 2.45. The fraction of sp³-hybridized carbons (Fsp3) is 0.214. The van der Waals surface area contributed by atoms with Gasteiger partial charge < -0.3 is 24.2 Å². The van der Waals surface area contributed by atoms with Gasteiger partial charge in [-0.05, 0) is 42.8 Å². The van der Waals surface area contributed by atoms with Crippen molar-refractivity contribution < 1.29 is 28.9 Å². The van der Waals surface area contributed by atoms with Crippen LogP contribution in [0.3, 0.4) is 0 Å². The first-order chi connectivity index (χ1) is 17.0. The summed E-state index contributed by atoms with van der Waals surface area (Å²) in [6, 6.07) is 20.5.